The molecule has 2 N–H and O–H groups in total. The molecule has 2 aromatic heterocycles. The largest absolute Gasteiger partial charge is 0.379 e. The molecule has 7 heteroatoms. The number of morpholine rings is 1. The molecule has 1 amide bonds. The number of aromatic nitrogens is 2. The molecule has 1 unspecified atom stereocenters. The average molecular weight is 441 g/mol. The maximum absolute atomic E-state index is 13.0. The van der Waals surface area contributed by atoms with Crippen molar-refractivity contribution in [3.05, 3.63) is 52.1 Å². The first kappa shape index (κ1) is 22.0. The summed E-state index contributed by atoms with van der Waals surface area (Å²) in [7, 11) is 0. The Morgan fingerprint density at radius 2 is 2.16 bits per heavy atom. The number of fused-ring (bicyclic) bond motifs is 1. The number of nitrogens with one attached hydrogen (secondary N) is 2. The monoisotopic (exact) mass is 440 g/mol. The van der Waals surface area contributed by atoms with Gasteiger partial charge in [0.15, 0.2) is 0 Å². The van der Waals surface area contributed by atoms with E-state index in [9.17, 15) is 4.79 Å². The van der Waals surface area contributed by atoms with E-state index in [0.717, 1.165) is 75.5 Å². The van der Waals surface area contributed by atoms with Gasteiger partial charge in [0.25, 0.3) is 5.91 Å². The molecule has 1 aliphatic heterocycles. The van der Waals surface area contributed by atoms with Gasteiger partial charge < -0.3 is 15.0 Å². The summed E-state index contributed by atoms with van der Waals surface area (Å²) in [5.74, 6) is -0.00364. The Morgan fingerprint density at radius 3 is 3.00 bits per heavy atom. The molecular formula is C24H32N4O2S. The molecule has 0 aliphatic carbocycles. The molecule has 6 nitrogen and oxygen atoms in total. The Morgan fingerprint density at radius 1 is 1.32 bits per heavy atom. The first-order valence-electron chi connectivity index (χ1n) is 11.3. The molecule has 3 aromatic rings. The number of thiazole rings is 1. The fourth-order valence-electron chi connectivity index (χ4n) is 4.11. The number of hydrogen-bond donors (Lipinski definition) is 2. The van der Waals surface area contributed by atoms with Crippen molar-refractivity contribution < 1.29 is 9.53 Å². The van der Waals surface area contributed by atoms with E-state index in [1.54, 1.807) is 6.20 Å². The number of para-hydroxylation sites is 1. The number of benzene rings is 1. The summed E-state index contributed by atoms with van der Waals surface area (Å²) < 4.78 is 5.40. The van der Waals surface area contributed by atoms with Crippen LogP contribution in [0.15, 0.2) is 36.7 Å². The van der Waals surface area contributed by atoms with E-state index in [1.165, 1.54) is 22.3 Å². The summed E-state index contributed by atoms with van der Waals surface area (Å²) in [6.07, 6.45) is 8.71. The lowest BCUT2D eigenvalue weighted by Crippen LogP contribution is -2.37. The number of nitrogens with zero attached hydrogens (tertiary/aromatic N) is 2. The molecular weight excluding hydrogens is 408 g/mol. The Bertz CT molecular complexity index is 977. The van der Waals surface area contributed by atoms with Crippen LogP contribution in [0, 0.1) is 0 Å². The van der Waals surface area contributed by atoms with Crippen molar-refractivity contribution in [1.82, 2.24) is 20.2 Å². The van der Waals surface area contributed by atoms with Crippen LogP contribution in [0.4, 0.5) is 0 Å². The van der Waals surface area contributed by atoms with Crippen molar-refractivity contribution in [2.24, 2.45) is 0 Å². The van der Waals surface area contributed by atoms with Crippen LogP contribution in [0.1, 0.15) is 46.4 Å². The van der Waals surface area contributed by atoms with Gasteiger partial charge in [0.2, 0.25) is 0 Å². The minimum absolute atomic E-state index is 0.00364. The van der Waals surface area contributed by atoms with Gasteiger partial charge in [0.05, 0.1) is 24.4 Å². The highest BCUT2D eigenvalue weighted by Gasteiger charge is 2.18. The van der Waals surface area contributed by atoms with Crippen molar-refractivity contribution in [2.45, 2.75) is 45.1 Å². The van der Waals surface area contributed by atoms with Crippen LogP contribution in [-0.2, 0) is 17.6 Å². The standard InChI is InChI=1S/C24H32N4O2S/c1-2-3-6-19(15-18-16-25-21-8-5-4-7-20(18)21)27-24(29)22-17-26-23(31-22)9-10-28-11-13-30-14-12-28/h4-5,7-8,16-17,19,25H,2-3,6,9-15H2,1H3,(H,27,29). The summed E-state index contributed by atoms with van der Waals surface area (Å²) in [5.41, 5.74) is 2.40. The molecule has 1 atom stereocenters. The third-order valence-corrected chi connectivity index (χ3v) is 6.96. The van der Waals surface area contributed by atoms with Crippen LogP contribution in [0.5, 0.6) is 0 Å². The topological polar surface area (TPSA) is 70.2 Å². The summed E-state index contributed by atoms with van der Waals surface area (Å²) in [6, 6.07) is 8.46. The fraction of sp³-hybridized carbons (Fsp3) is 0.500. The maximum Gasteiger partial charge on any atom is 0.263 e. The van der Waals surface area contributed by atoms with E-state index in [0.29, 0.717) is 4.88 Å². The Balaban J connectivity index is 1.36. The third kappa shape index (κ3) is 5.93. The van der Waals surface area contributed by atoms with Gasteiger partial charge in [-0.25, -0.2) is 4.98 Å². The summed E-state index contributed by atoms with van der Waals surface area (Å²) in [4.78, 5) is 23.9. The van der Waals surface area contributed by atoms with E-state index in [1.807, 2.05) is 6.07 Å². The van der Waals surface area contributed by atoms with Gasteiger partial charge in [0, 0.05) is 49.2 Å². The van der Waals surface area contributed by atoms with Crippen LogP contribution in [-0.4, -0.2) is 59.7 Å². The third-order valence-electron chi connectivity index (χ3n) is 5.91. The van der Waals surface area contributed by atoms with Crippen molar-refractivity contribution in [1.29, 1.82) is 0 Å². The van der Waals surface area contributed by atoms with Gasteiger partial charge in [-0.05, 0) is 24.5 Å². The SMILES string of the molecule is CCCCC(Cc1c[nH]c2ccccc12)NC(=O)c1cnc(CCN2CCOCC2)s1. The number of ether oxygens (including phenoxy) is 1. The molecule has 1 aromatic carbocycles. The second-order valence-corrected chi connectivity index (χ2v) is 9.31. The van der Waals surface area contributed by atoms with Crippen molar-refractivity contribution in [3.63, 3.8) is 0 Å². The van der Waals surface area contributed by atoms with Gasteiger partial charge in [0.1, 0.15) is 4.88 Å². The number of rotatable bonds is 10. The Hall–Kier alpha value is -2.22. The lowest BCUT2D eigenvalue weighted by molar-refractivity contribution is 0.0384. The molecule has 3 heterocycles. The zero-order valence-electron chi connectivity index (χ0n) is 18.2. The first-order chi connectivity index (χ1) is 15.2. The first-order valence-corrected chi connectivity index (χ1v) is 12.1. The van der Waals surface area contributed by atoms with Gasteiger partial charge >= 0.3 is 0 Å². The lowest BCUT2D eigenvalue weighted by Gasteiger charge is -2.25. The molecule has 4 rings (SSSR count). The van der Waals surface area contributed by atoms with E-state index in [-0.39, 0.29) is 11.9 Å². The summed E-state index contributed by atoms with van der Waals surface area (Å²) in [5, 5.41) is 5.54. The number of amides is 1. The Labute approximate surface area is 188 Å². The number of hydrogen-bond acceptors (Lipinski definition) is 5. The molecule has 0 spiro atoms. The van der Waals surface area contributed by atoms with Crippen LogP contribution >= 0.6 is 11.3 Å². The fourth-order valence-corrected chi connectivity index (χ4v) is 4.92. The van der Waals surface area contributed by atoms with E-state index >= 15 is 0 Å². The van der Waals surface area contributed by atoms with Crippen LogP contribution in [0.25, 0.3) is 10.9 Å². The quantitative estimate of drug-likeness (QED) is 0.499. The van der Waals surface area contributed by atoms with Gasteiger partial charge in [-0.1, -0.05) is 38.0 Å². The zero-order valence-corrected chi connectivity index (χ0v) is 19.0. The smallest absolute Gasteiger partial charge is 0.263 e. The van der Waals surface area contributed by atoms with Crippen LogP contribution in [0.3, 0.4) is 0 Å². The Kier molecular flexibility index (Phi) is 7.72. The van der Waals surface area contributed by atoms with Crippen molar-refractivity contribution in [3.8, 4) is 0 Å². The minimum Gasteiger partial charge on any atom is -0.379 e. The minimum atomic E-state index is -0.00364. The van der Waals surface area contributed by atoms with E-state index < -0.39 is 0 Å². The second kappa shape index (κ2) is 10.9. The van der Waals surface area contributed by atoms with E-state index in [4.69, 9.17) is 4.74 Å². The summed E-state index contributed by atoms with van der Waals surface area (Å²) >= 11 is 1.52. The molecule has 1 fully saturated rings. The van der Waals surface area contributed by atoms with Gasteiger partial charge in [-0.3, -0.25) is 9.69 Å². The van der Waals surface area contributed by atoms with Crippen molar-refractivity contribution >= 4 is 28.1 Å². The molecule has 0 bridgehead atoms. The predicted molar refractivity (Wildman–Crippen MR) is 126 cm³/mol. The number of carbonyl (C=O) groups excluding carboxylic acids is 1. The van der Waals surface area contributed by atoms with Crippen molar-refractivity contribution in [2.75, 3.05) is 32.8 Å². The molecule has 166 valence electrons. The molecule has 1 aliphatic rings. The predicted octanol–water partition coefficient (Wildman–Crippen LogP) is 4.03. The maximum atomic E-state index is 13.0. The number of carbonyl (C=O) groups is 1. The molecule has 0 saturated carbocycles. The highest BCUT2D eigenvalue weighted by Crippen LogP contribution is 2.21. The zero-order chi connectivity index (χ0) is 21.5. The second-order valence-electron chi connectivity index (χ2n) is 8.20. The van der Waals surface area contributed by atoms with Gasteiger partial charge in [-0.2, -0.15) is 0 Å². The number of unbranched alkanes of at least 4 members (excludes halogenated alkanes) is 1. The molecule has 0 radical (unpaired) electrons. The molecule has 1 saturated heterocycles. The van der Waals surface area contributed by atoms with E-state index in [2.05, 4.69) is 51.5 Å². The molecule has 31 heavy (non-hydrogen) atoms. The summed E-state index contributed by atoms with van der Waals surface area (Å²) in [6.45, 7) is 6.73. The van der Waals surface area contributed by atoms with Crippen LogP contribution in [0.2, 0.25) is 0 Å². The lowest BCUT2D eigenvalue weighted by atomic mass is 10.0. The van der Waals surface area contributed by atoms with Gasteiger partial charge in [-0.15, -0.1) is 11.3 Å². The normalized spacial score (nSPS) is 15.9. The average Bonchev–Trinajstić information content (AvgIpc) is 3.44. The number of H-pyrrole nitrogens is 1. The highest BCUT2D eigenvalue weighted by atomic mass is 32.1. The highest BCUT2D eigenvalue weighted by molar-refractivity contribution is 7.13. The van der Waals surface area contributed by atoms with Crippen LogP contribution < -0.4 is 5.32 Å². The number of aromatic amines is 1.